The number of likely N-dealkylation sites (N-methyl/N-ethyl adjacent to an activating group) is 2. The van der Waals surface area contributed by atoms with Gasteiger partial charge in [-0.05, 0) is 35.9 Å². The van der Waals surface area contributed by atoms with Crippen LogP contribution in [0.3, 0.4) is 0 Å². The first-order valence-electron chi connectivity index (χ1n) is 12.9. The molecule has 8 nitrogen and oxygen atoms in total. The van der Waals surface area contributed by atoms with Gasteiger partial charge in [0.2, 0.25) is 5.91 Å². The topological polar surface area (TPSA) is 69.2 Å². The van der Waals surface area contributed by atoms with Crippen molar-refractivity contribution < 1.29 is 14.3 Å². The second-order valence-corrected chi connectivity index (χ2v) is 10.8. The van der Waals surface area contributed by atoms with Crippen molar-refractivity contribution in [1.82, 2.24) is 19.7 Å². The summed E-state index contributed by atoms with van der Waals surface area (Å²) in [4.78, 5) is 38.6. The van der Waals surface area contributed by atoms with Gasteiger partial charge in [0.25, 0.3) is 5.91 Å². The Bertz CT molecular complexity index is 1330. The van der Waals surface area contributed by atoms with Gasteiger partial charge in [0.15, 0.2) is 6.61 Å². The molecule has 1 atom stereocenters. The minimum absolute atomic E-state index is 0.128. The van der Waals surface area contributed by atoms with E-state index in [1.165, 1.54) is 4.90 Å². The Balaban J connectivity index is 1.39. The molecule has 2 amide bonds. The van der Waals surface area contributed by atoms with Crippen LogP contribution in [0.15, 0.2) is 60.9 Å². The molecule has 1 aromatic heterocycles. The summed E-state index contributed by atoms with van der Waals surface area (Å²) < 4.78 is 5.54. The number of carbonyl (C=O) groups is 2. The van der Waals surface area contributed by atoms with Crippen LogP contribution in [0.1, 0.15) is 11.6 Å². The van der Waals surface area contributed by atoms with Crippen molar-refractivity contribution >= 4 is 40.7 Å². The van der Waals surface area contributed by atoms with Crippen LogP contribution in [-0.4, -0.2) is 91.5 Å². The fourth-order valence-electron chi connectivity index (χ4n) is 4.95. The molecule has 5 rings (SSSR count). The molecule has 0 aliphatic carbocycles. The highest BCUT2D eigenvalue weighted by Crippen LogP contribution is 2.39. The van der Waals surface area contributed by atoms with Gasteiger partial charge in [0.1, 0.15) is 12.3 Å². The first-order valence-corrected chi connectivity index (χ1v) is 13.6. The van der Waals surface area contributed by atoms with Crippen LogP contribution in [0, 0.1) is 0 Å². The predicted octanol–water partition coefficient (Wildman–Crippen LogP) is 4.23. The zero-order valence-corrected chi connectivity index (χ0v) is 23.5. The summed E-state index contributed by atoms with van der Waals surface area (Å²) >= 11 is 12.4. The number of hydrogen-bond acceptors (Lipinski definition) is 6. The third-order valence-corrected chi connectivity index (χ3v) is 8.14. The number of ether oxygens (including phenoxy) is 1. The van der Waals surface area contributed by atoms with Crippen molar-refractivity contribution in [2.24, 2.45) is 0 Å². The minimum atomic E-state index is -0.306. The van der Waals surface area contributed by atoms with Gasteiger partial charge in [0, 0.05) is 58.2 Å². The van der Waals surface area contributed by atoms with Gasteiger partial charge in [-0.1, -0.05) is 53.5 Å². The van der Waals surface area contributed by atoms with Gasteiger partial charge in [0.05, 0.1) is 21.8 Å². The Labute approximate surface area is 238 Å². The van der Waals surface area contributed by atoms with E-state index in [1.807, 2.05) is 18.3 Å². The molecule has 0 N–H and O–H groups in total. The van der Waals surface area contributed by atoms with Crippen LogP contribution in [0.25, 0.3) is 11.1 Å². The summed E-state index contributed by atoms with van der Waals surface area (Å²) in [6.07, 6.45) is 3.59. The Morgan fingerprint density at radius 3 is 2.46 bits per heavy atom. The molecule has 1 saturated heterocycles. The van der Waals surface area contributed by atoms with E-state index in [9.17, 15) is 9.59 Å². The van der Waals surface area contributed by atoms with Crippen LogP contribution in [0.2, 0.25) is 10.0 Å². The number of anilines is 1. The van der Waals surface area contributed by atoms with Crippen molar-refractivity contribution in [3.8, 4) is 16.9 Å². The summed E-state index contributed by atoms with van der Waals surface area (Å²) in [6.45, 7) is 4.21. The van der Waals surface area contributed by atoms with Gasteiger partial charge in [-0.15, -0.1) is 0 Å². The molecule has 0 spiro atoms. The van der Waals surface area contributed by atoms with Crippen LogP contribution >= 0.6 is 23.2 Å². The van der Waals surface area contributed by atoms with E-state index < -0.39 is 0 Å². The monoisotopic (exact) mass is 567 g/mol. The molecule has 1 unspecified atom stereocenters. The number of pyridine rings is 1. The van der Waals surface area contributed by atoms with E-state index in [4.69, 9.17) is 27.9 Å². The number of fused-ring (bicyclic) bond motifs is 1. The molecule has 2 aliphatic rings. The Hall–Kier alpha value is -3.17. The van der Waals surface area contributed by atoms with Gasteiger partial charge >= 0.3 is 0 Å². The molecule has 2 aliphatic heterocycles. The van der Waals surface area contributed by atoms with Gasteiger partial charge in [-0.2, -0.15) is 0 Å². The number of piperazine rings is 1. The lowest BCUT2D eigenvalue weighted by atomic mass is 10.00. The molecule has 0 bridgehead atoms. The second kappa shape index (κ2) is 11.9. The highest BCUT2D eigenvalue weighted by molar-refractivity contribution is 6.42. The van der Waals surface area contributed by atoms with Crippen molar-refractivity contribution in [2.45, 2.75) is 6.04 Å². The Kier molecular flexibility index (Phi) is 8.37. The van der Waals surface area contributed by atoms with Crippen LogP contribution in [0.4, 0.5) is 5.69 Å². The smallest absolute Gasteiger partial charge is 0.265 e. The summed E-state index contributed by atoms with van der Waals surface area (Å²) in [7, 11) is 3.93. The van der Waals surface area contributed by atoms with Gasteiger partial charge < -0.3 is 14.5 Å². The molecule has 2 aromatic carbocycles. The molecular weight excluding hydrogens is 537 g/mol. The third kappa shape index (κ3) is 6.20. The number of benzene rings is 2. The van der Waals surface area contributed by atoms with Gasteiger partial charge in [-0.3, -0.25) is 24.4 Å². The average molecular weight is 569 g/mol. The molecular formula is C29H31Cl2N5O3. The maximum absolute atomic E-state index is 13.7. The number of aromatic nitrogens is 1. The van der Waals surface area contributed by atoms with Crippen LogP contribution in [-0.2, 0) is 9.59 Å². The highest BCUT2D eigenvalue weighted by Gasteiger charge is 2.32. The normalized spacial score (nSPS) is 16.9. The van der Waals surface area contributed by atoms with Crippen molar-refractivity contribution in [3.05, 3.63) is 76.5 Å². The average Bonchev–Trinajstić information content (AvgIpc) is 2.95. The molecule has 3 aromatic rings. The molecule has 0 saturated carbocycles. The van der Waals surface area contributed by atoms with Crippen molar-refractivity contribution in [2.75, 3.05) is 64.9 Å². The maximum atomic E-state index is 13.7. The number of carbonyl (C=O) groups excluding carboxylic acids is 2. The Morgan fingerprint density at radius 2 is 1.77 bits per heavy atom. The van der Waals surface area contributed by atoms with E-state index in [0.29, 0.717) is 28.0 Å². The summed E-state index contributed by atoms with van der Waals surface area (Å²) in [5.41, 5.74) is 3.57. The fraction of sp³-hybridized carbons (Fsp3) is 0.345. The SMILES string of the molecule is CN1CCN(CC(c2ccc(-c3cccnc3)cc2)N(C)C(=O)CN2C(=O)COc3cc(Cl)c(Cl)cc32)CC1. The van der Waals surface area contributed by atoms with E-state index in [2.05, 4.69) is 46.1 Å². The minimum Gasteiger partial charge on any atom is -0.482 e. The van der Waals surface area contributed by atoms with Crippen LogP contribution < -0.4 is 9.64 Å². The standard InChI is InChI=1S/C29H31Cl2N5O3/c1-33-10-12-35(13-11-33)17-26(21-7-5-20(6-8-21)22-4-3-9-32-16-22)34(2)28(37)18-36-25-14-23(30)24(31)15-27(25)39-19-29(36)38/h3-9,14-16,26H,10-13,17-19H2,1-2H3. The number of nitrogens with zero attached hydrogens (tertiary/aromatic N) is 5. The summed E-state index contributed by atoms with van der Waals surface area (Å²) in [5, 5.41) is 0.622. The number of amides is 2. The van der Waals surface area contributed by atoms with E-state index in [0.717, 1.165) is 42.9 Å². The maximum Gasteiger partial charge on any atom is 0.265 e. The predicted molar refractivity (Wildman–Crippen MR) is 153 cm³/mol. The number of rotatable bonds is 7. The van der Waals surface area contributed by atoms with Crippen LogP contribution in [0.5, 0.6) is 5.75 Å². The first kappa shape index (κ1) is 27.4. The quantitative estimate of drug-likeness (QED) is 0.425. The van der Waals surface area contributed by atoms with Crippen molar-refractivity contribution in [1.29, 1.82) is 0 Å². The zero-order chi connectivity index (χ0) is 27.5. The summed E-state index contributed by atoms with van der Waals surface area (Å²) in [5.74, 6) is -0.0590. The summed E-state index contributed by atoms with van der Waals surface area (Å²) in [6, 6.07) is 15.2. The number of halogens is 2. The highest BCUT2D eigenvalue weighted by atomic mass is 35.5. The molecule has 39 heavy (non-hydrogen) atoms. The van der Waals surface area contributed by atoms with E-state index >= 15 is 0 Å². The third-order valence-electron chi connectivity index (χ3n) is 7.42. The van der Waals surface area contributed by atoms with Crippen molar-refractivity contribution in [3.63, 3.8) is 0 Å². The zero-order valence-electron chi connectivity index (χ0n) is 22.0. The molecule has 0 radical (unpaired) electrons. The van der Waals surface area contributed by atoms with E-state index in [1.54, 1.807) is 30.3 Å². The second-order valence-electron chi connectivity index (χ2n) is 9.99. The fourth-order valence-corrected chi connectivity index (χ4v) is 5.26. The number of hydrogen-bond donors (Lipinski definition) is 0. The lowest BCUT2D eigenvalue weighted by molar-refractivity contribution is -0.133. The molecule has 1 fully saturated rings. The first-order chi connectivity index (χ1) is 18.8. The largest absolute Gasteiger partial charge is 0.482 e. The van der Waals surface area contributed by atoms with E-state index in [-0.39, 0.29) is 31.0 Å². The van der Waals surface area contributed by atoms with Gasteiger partial charge in [-0.25, -0.2) is 0 Å². The molecule has 3 heterocycles. The molecule has 10 heteroatoms. The Morgan fingerprint density at radius 1 is 1.05 bits per heavy atom. The lowest BCUT2D eigenvalue weighted by Crippen LogP contribution is -2.50. The lowest BCUT2D eigenvalue weighted by Gasteiger charge is -2.38. The molecule has 204 valence electrons.